The molecule has 0 saturated carbocycles. The summed E-state index contributed by atoms with van der Waals surface area (Å²) >= 11 is 0. The molecule has 1 fully saturated rings. The van der Waals surface area contributed by atoms with Crippen LogP contribution in [0.5, 0.6) is 0 Å². The van der Waals surface area contributed by atoms with Crippen LogP contribution in [0.3, 0.4) is 0 Å². The van der Waals surface area contributed by atoms with Crippen LogP contribution < -0.4 is 11.1 Å². The monoisotopic (exact) mass is 424 g/mol. The molecule has 0 spiro atoms. The number of carbonyl (C=O) groups excluding carboxylic acids is 2. The van der Waals surface area contributed by atoms with Gasteiger partial charge in [-0.15, -0.1) is 0 Å². The molecule has 2 atom stereocenters. The normalized spacial score (nSPS) is 21.3. The smallest absolute Gasteiger partial charge is 0.268 e. The third-order valence-corrected chi connectivity index (χ3v) is 5.65. The first kappa shape index (κ1) is 21.0. The average Bonchev–Trinajstić information content (AvgIpc) is 3.26. The van der Waals surface area contributed by atoms with Crippen molar-refractivity contribution >= 4 is 23.2 Å². The molecule has 2 amide bonds. The fourth-order valence-electron chi connectivity index (χ4n) is 3.96. The number of rotatable bonds is 6. The van der Waals surface area contributed by atoms with Crippen molar-refractivity contribution in [2.45, 2.75) is 31.9 Å². The first-order valence-electron chi connectivity index (χ1n) is 10.4. The molecule has 162 valence electrons. The van der Waals surface area contributed by atoms with Crippen LogP contribution in [0.15, 0.2) is 53.7 Å². The van der Waals surface area contributed by atoms with Gasteiger partial charge < -0.3 is 15.9 Å². The molecule has 1 saturated heterocycles. The molecule has 4 rings (SSSR count). The zero-order valence-corrected chi connectivity index (χ0v) is 17.1. The van der Waals surface area contributed by atoms with E-state index in [1.165, 1.54) is 12.1 Å². The summed E-state index contributed by atoms with van der Waals surface area (Å²) in [5, 5.41) is 6.77. The van der Waals surface area contributed by atoms with Crippen LogP contribution in [0.2, 0.25) is 0 Å². The Morgan fingerprint density at radius 2 is 2.03 bits per heavy atom. The van der Waals surface area contributed by atoms with Crippen molar-refractivity contribution in [2.75, 3.05) is 18.4 Å². The standard InChI is InChI=1S/C23H25FN4O3/c24-18-5-1-3-16(11-18)20-12-21(31-27-20)23(30)26-19-8-6-15(7-9-19)13-28-10-2-4-17(14-28)22(25)29/h1,3,5-9,11,17,21H,2,4,10,12-14H2,(H2,25,29)(H,26,30). The van der Waals surface area contributed by atoms with Crippen LogP contribution in [0, 0.1) is 11.7 Å². The Kier molecular flexibility index (Phi) is 6.27. The maximum absolute atomic E-state index is 13.4. The van der Waals surface area contributed by atoms with Crippen LogP contribution in [0.4, 0.5) is 10.1 Å². The van der Waals surface area contributed by atoms with E-state index in [0.29, 0.717) is 23.5 Å². The number of halogens is 1. The van der Waals surface area contributed by atoms with Crippen LogP contribution in [0.1, 0.15) is 30.4 Å². The molecule has 0 aliphatic carbocycles. The fraction of sp³-hybridized carbons (Fsp3) is 0.348. The number of nitrogens with two attached hydrogens (primary N) is 1. The second-order valence-electron chi connectivity index (χ2n) is 8.01. The van der Waals surface area contributed by atoms with Crippen LogP contribution >= 0.6 is 0 Å². The van der Waals surface area contributed by atoms with E-state index in [4.69, 9.17) is 10.6 Å². The zero-order chi connectivity index (χ0) is 21.8. The number of nitrogens with zero attached hydrogens (tertiary/aromatic N) is 2. The fourth-order valence-corrected chi connectivity index (χ4v) is 3.96. The minimum absolute atomic E-state index is 0.0850. The van der Waals surface area contributed by atoms with Gasteiger partial charge in [-0.2, -0.15) is 0 Å². The summed E-state index contributed by atoms with van der Waals surface area (Å²) in [7, 11) is 0. The van der Waals surface area contributed by atoms with Crippen LogP contribution in [-0.4, -0.2) is 41.6 Å². The summed E-state index contributed by atoms with van der Waals surface area (Å²) in [6, 6.07) is 13.6. The predicted octanol–water partition coefficient (Wildman–Crippen LogP) is 2.65. The van der Waals surface area contributed by atoms with Crippen molar-refractivity contribution in [3.63, 3.8) is 0 Å². The lowest BCUT2D eigenvalue weighted by Gasteiger charge is -2.31. The molecule has 2 aliphatic heterocycles. The molecule has 2 unspecified atom stereocenters. The van der Waals surface area contributed by atoms with Crippen molar-refractivity contribution in [3.05, 3.63) is 65.5 Å². The Morgan fingerprint density at radius 3 is 2.77 bits per heavy atom. The third-order valence-electron chi connectivity index (χ3n) is 5.65. The zero-order valence-electron chi connectivity index (χ0n) is 17.1. The van der Waals surface area contributed by atoms with Crippen LogP contribution in [-0.2, 0) is 21.0 Å². The highest BCUT2D eigenvalue weighted by molar-refractivity contribution is 6.06. The molecule has 2 aliphatic rings. The minimum atomic E-state index is -0.753. The Labute approximate surface area is 180 Å². The summed E-state index contributed by atoms with van der Waals surface area (Å²) < 4.78 is 13.4. The number of benzene rings is 2. The molecule has 2 heterocycles. The average molecular weight is 424 g/mol. The molecule has 0 radical (unpaired) electrons. The molecule has 2 aromatic rings. The van der Waals surface area contributed by atoms with Gasteiger partial charge in [0, 0.05) is 30.8 Å². The van der Waals surface area contributed by atoms with E-state index in [9.17, 15) is 14.0 Å². The lowest BCUT2D eigenvalue weighted by molar-refractivity contribution is -0.126. The quantitative estimate of drug-likeness (QED) is 0.745. The summed E-state index contributed by atoms with van der Waals surface area (Å²) in [5.74, 6) is -0.981. The molecular weight excluding hydrogens is 399 g/mol. The van der Waals surface area contributed by atoms with Gasteiger partial charge >= 0.3 is 0 Å². The van der Waals surface area contributed by atoms with Gasteiger partial charge in [0.1, 0.15) is 5.82 Å². The topological polar surface area (TPSA) is 97.0 Å². The number of oxime groups is 1. The second-order valence-corrected chi connectivity index (χ2v) is 8.01. The number of amides is 2. The lowest BCUT2D eigenvalue weighted by atomic mass is 9.97. The first-order chi connectivity index (χ1) is 15.0. The van der Waals surface area contributed by atoms with Gasteiger partial charge in [-0.05, 0) is 49.2 Å². The number of likely N-dealkylation sites (tertiary alicyclic amines) is 1. The van der Waals surface area contributed by atoms with Gasteiger partial charge in [-0.3, -0.25) is 14.5 Å². The number of anilines is 1. The minimum Gasteiger partial charge on any atom is -0.382 e. The number of carbonyl (C=O) groups is 2. The molecule has 2 aromatic carbocycles. The molecule has 0 bridgehead atoms. The van der Waals surface area contributed by atoms with Gasteiger partial charge in [-0.1, -0.05) is 29.4 Å². The third kappa shape index (κ3) is 5.27. The molecule has 7 nitrogen and oxygen atoms in total. The van der Waals surface area contributed by atoms with Crippen molar-refractivity contribution in [1.29, 1.82) is 0 Å². The second kappa shape index (κ2) is 9.26. The Bertz CT molecular complexity index is 993. The first-order valence-corrected chi connectivity index (χ1v) is 10.4. The maximum Gasteiger partial charge on any atom is 0.268 e. The van der Waals surface area contributed by atoms with Gasteiger partial charge in [0.05, 0.1) is 11.6 Å². The summed E-state index contributed by atoms with van der Waals surface area (Å²) in [5.41, 5.74) is 8.35. The predicted molar refractivity (Wildman–Crippen MR) is 115 cm³/mol. The number of primary amides is 1. The van der Waals surface area contributed by atoms with Gasteiger partial charge in [0.2, 0.25) is 12.0 Å². The van der Waals surface area contributed by atoms with Crippen molar-refractivity contribution in [1.82, 2.24) is 4.90 Å². The lowest BCUT2D eigenvalue weighted by Crippen LogP contribution is -2.40. The highest BCUT2D eigenvalue weighted by atomic mass is 19.1. The van der Waals surface area contributed by atoms with Crippen LogP contribution in [0.25, 0.3) is 0 Å². The molecule has 31 heavy (non-hydrogen) atoms. The highest BCUT2D eigenvalue weighted by Gasteiger charge is 2.29. The summed E-state index contributed by atoms with van der Waals surface area (Å²) in [6.45, 7) is 2.35. The van der Waals surface area contributed by atoms with Gasteiger partial charge in [-0.25, -0.2) is 4.39 Å². The highest BCUT2D eigenvalue weighted by Crippen LogP contribution is 2.21. The van der Waals surface area contributed by atoms with E-state index >= 15 is 0 Å². The van der Waals surface area contributed by atoms with Crippen molar-refractivity contribution in [2.24, 2.45) is 16.8 Å². The van der Waals surface area contributed by atoms with E-state index in [2.05, 4.69) is 15.4 Å². The van der Waals surface area contributed by atoms with Crippen molar-refractivity contribution < 1.29 is 18.8 Å². The van der Waals surface area contributed by atoms with E-state index in [0.717, 1.165) is 31.5 Å². The van der Waals surface area contributed by atoms with E-state index in [1.807, 2.05) is 24.3 Å². The van der Waals surface area contributed by atoms with Gasteiger partial charge in [0.25, 0.3) is 5.91 Å². The van der Waals surface area contributed by atoms with E-state index < -0.39 is 6.10 Å². The molecule has 3 N–H and O–H groups in total. The summed E-state index contributed by atoms with van der Waals surface area (Å²) in [4.78, 5) is 31.5. The number of hydrogen-bond donors (Lipinski definition) is 2. The SMILES string of the molecule is NC(=O)C1CCCN(Cc2ccc(NC(=O)C3CC(c4cccc(F)c4)=NO3)cc2)C1. The summed E-state index contributed by atoms with van der Waals surface area (Å²) in [6.07, 6.45) is 1.34. The van der Waals surface area contributed by atoms with E-state index in [-0.39, 0.29) is 30.0 Å². The maximum atomic E-state index is 13.4. The van der Waals surface area contributed by atoms with Gasteiger partial charge in [0.15, 0.2) is 0 Å². The largest absolute Gasteiger partial charge is 0.382 e. The van der Waals surface area contributed by atoms with Crippen molar-refractivity contribution in [3.8, 4) is 0 Å². The Hall–Kier alpha value is -3.26. The number of hydrogen-bond acceptors (Lipinski definition) is 5. The molecule has 0 aromatic heterocycles. The Morgan fingerprint density at radius 1 is 1.23 bits per heavy atom. The number of piperidine rings is 1. The van der Waals surface area contributed by atoms with E-state index in [1.54, 1.807) is 12.1 Å². The Balaban J connectivity index is 1.29. The molecule has 8 heteroatoms. The number of nitrogens with one attached hydrogen (secondary N) is 1. The molecular formula is C23H25FN4O3.